The van der Waals surface area contributed by atoms with Crippen LogP contribution in [0.25, 0.3) is 0 Å². The summed E-state index contributed by atoms with van der Waals surface area (Å²) in [5.74, 6) is 0.403. The summed E-state index contributed by atoms with van der Waals surface area (Å²) in [6.45, 7) is 0. The molecule has 2 atom stereocenters. The topological polar surface area (TPSA) is 37.4 Å². The molecule has 88 valence electrons. The van der Waals surface area contributed by atoms with Gasteiger partial charge in [-0.2, -0.15) is 0 Å². The Kier molecular flexibility index (Phi) is 2.46. The van der Waals surface area contributed by atoms with Crippen molar-refractivity contribution in [3.63, 3.8) is 0 Å². The summed E-state index contributed by atoms with van der Waals surface area (Å²) in [5.41, 5.74) is 0.735. The van der Waals surface area contributed by atoms with Crippen LogP contribution < -0.4 is 0 Å². The van der Waals surface area contributed by atoms with Crippen LogP contribution in [-0.4, -0.2) is 28.7 Å². The Bertz CT molecular complexity index is 439. The van der Waals surface area contributed by atoms with E-state index in [1.807, 2.05) is 35.2 Å². The van der Waals surface area contributed by atoms with E-state index < -0.39 is 0 Å². The molecule has 3 nitrogen and oxygen atoms in total. The third kappa shape index (κ3) is 1.75. The first kappa shape index (κ1) is 10.5. The highest BCUT2D eigenvalue weighted by Crippen LogP contribution is 2.34. The van der Waals surface area contributed by atoms with E-state index >= 15 is 0 Å². The number of carbonyl (C=O) groups is 2. The smallest absolute Gasteiger partial charge is 0.254 e. The van der Waals surface area contributed by atoms with Crippen molar-refractivity contribution in [2.24, 2.45) is 0 Å². The highest BCUT2D eigenvalue weighted by molar-refractivity contribution is 5.96. The zero-order chi connectivity index (χ0) is 11.8. The molecule has 2 aliphatic rings. The molecule has 2 bridgehead atoms. The Morgan fingerprint density at radius 1 is 1.06 bits per heavy atom. The van der Waals surface area contributed by atoms with Crippen LogP contribution in [0.1, 0.15) is 36.0 Å². The molecule has 0 saturated carbocycles. The molecule has 2 saturated heterocycles. The molecule has 3 rings (SSSR count). The van der Waals surface area contributed by atoms with Crippen LogP contribution in [0.4, 0.5) is 0 Å². The van der Waals surface area contributed by atoms with Crippen LogP contribution in [0.3, 0.4) is 0 Å². The number of amides is 1. The monoisotopic (exact) mass is 229 g/mol. The molecule has 2 heterocycles. The molecule has 1 aromatic carbocycles. The van der Waals surface area contributed by atoms with Gasteiger partial charge in [-0.3, -0.25) is 9.59 Å². The quantitative estimate of drug-likeness (QED) is 0.738. The van der Waals surface area contributed by atoms with E-state index in [1.54, 1.807) is 0 Å². The highest BCUT2D eigenvalue weighted by Gasteiger charge is 2.42. The summed E-state index contributed by atoms with van der Waals surface area (Å²) < 4.78 is 0. The minimum atomic E-state index is 0.0885. The molecule has 1 aromatic rings. The summed E-state index contributed by atoms with van der Waals surface area (Å²) in [6, 6.07) is 9.65. The van der Waals surface area contributed by atoms with Gasteiger partial charge in [-0.25, -0.2) is 0 Å². The number of hydrogen-bond acceptors (Lipinski definition) is 2. The summed E-state index contributed by atoms with van der Waals surface area (Å²) in [4.78, 5) is 25.8. The van der Waals surface area contributed by atoms with Gasteiger partial charge in [0.05, 0.1) is 0 Å². The lowest BCUT2D eigenvalue weighted by Crippen LogP contribution is -2.46. The van der Waals surface area contributed by atoms with E-state index in [0.29, 0.717) is 18.6 Å². The fraction of sp³-hybridized carbons (Fsp3) is 0.429. The van der Waals surface area contributed by atoms with Crippen molar-refractivity contribution < 1.29 is 9.59 Å². The molecule has 17 heavy (non-hydrogen) atoms. The maximum absolute atomic E-state index is 12.4. The van der Waals surface area contributed by atoms with Crippen LogP contribution in [0, 0.1) is 0 Å². The van der Waals surface area contributed by atoms with Crippen LogP contribution in [0.5, 0.6) is 0 Å². The molecule has 0 unspecified atom stereocenters. The Morgan fingerprint density at radius 3 is 2.24 bits per heavy atom. The van der Waals surface area contributed by atoms with Crippen molar-refractivity contribution in [1.82, 2.24) is 4.90 Å². The predicted molar refractivity (Wildman–Crippen MR) is 63.7 cm³/mol. The summed E-state index contributed by atoms with van der Waals surface area (Å²) in [7, 11) is 0. The third-order valence-corrected chi connectivity index (χ3v) is 3.80. The number of piperidine rings is 1. The number of rotatable bonds is 1. The van der Waals surface area contributed by atoms with Gasteiger partial charge in [-0.1, -0.05) is 18.2 Å². The second-order valence-electron chi connectivity index (χ2n) is 4.91. The first-order valence-electron chi connectivity index (χ1n) is 6.15. The van der Waals surface area contributed by atoms with Gasteiger partial charge >= 0.3 is 0 Å². The van der Waals surface area contributed by atoms with E-state index in [0.717, 1.165) is 18.4 Å². The van der Waals surface area contributed by atoms with Crippen LogP contribution in [0.15, 0.2) is 30.3 Å². The van der Waals surface area contributed by atoms with Crippen molar-refractivity contribution in [1.29, 1.82) is 0 Å². The van der Waals surface area contributed by atoms with Gasteiger partial charge in [-0.15, -0.1) is 0 Å². The summed E-state index contributed by atoms with van der Waals surface area (Å²) >= 11 is 0. The molecule has 0 aliphatic carbocycles. The normalized spacial score (nSPS) is 27.3. The molecule has 1 amide bonds. The minimum absolute atomic E-state index is 0.0885. The Labute approximate surface area is 100 Å². The van der Waals surface area contributed by atoms with Gasteiger partial charge in [-0.05, 0) is 25.0 Å². The lowest BCUT2D eigenvalue weighted by atomic mass is 10.00. The lowest BCUT2D eigenvalue weighted by Gasteiger charge is -2.34. The molecule has 0 spiro atoms. The van der Waals surface area contributed by atoms with Gasteiger partial charge in [0.15, 0.2) is 0 Å². The van der Waals surface area contributed by atoms with E-state index in [2.05, 4.69) is 0 Å². The average molecular weight is 229 g/mol. The van der Waals surface area contributed by atoms with Crippen molar-refractivity contribution >= 4 is 11.7 Å². The SMILES string of the molecule is O=C1C[C@@H]2CC[C@@H](C1)N2C(=O)c1ccccc1. The molecule has 2 aliphatic heterocycles. The number of benzene rings is 1. The summed E-state index contributed by atoms with van der Waals surface area (Å²) in [5, 5.41) is 0. The lowest BCUT2D eigenvalue weighted by molar-refractivity contribution is -0.122. The Hall–Kier alpha value is -1.64. The predicted octanol–water partition coefficient (Wildman–Crippen LogP) is 2.02. The number of fused-ring (bicyclic) bond motifs is 2. The third-order valence-electron chi connectivity index (χ3n) is 3.80. The van der Waals surface area contributed by atoms with Gasteiger partial charge in [0.2, 0.25) is 0 Å². The van der Waals surface area contributed by atoms with Crippen LogP contribution in [0.2, 0.25) is 0 Å². The van der Waals surface area contributed by atoms with Crippen molar-refractivity contribution in [2.75, 3.05) is 0 Å². The first-order chi connectivity index (χ1) is 8.25. The number of nitrogens with zero attached hydrogens (tertiary/aromatic N) is 1. The number of ketones is 1. The zero-order valence-corrected chi connectivity index (χ0v) is 9.63. The van der Waals surface area contributed by atoms with Crippen molar-refractivity contribution in [3.05, 3.63) is 35.9 Å². The number of Topliss-reactive ketones (excluding diaryl/α,β-unsaturated/α-hetero) is 1. The van der Waals surface area contributed by atoms with Crippen molar-refractivity contribution in [3.8, 4) is 0 Å². The van der Waals surface area contributed by atoms with E-state index in [-0.39, 0.29) is 18.0 Å². The molecule has 2 fully saturated rings. The van der Waals surface area contributed by atoms with Gasteiger partial charge in [0, 0.05) is 30.5 Å². The Balaban J connectivity index is 1.86. The maximum atomic E-state index is 12.4. The zero-order valence-electron chi connectivity index (χ0n) is 9.63. The fourth-order valence-corrected chi connectivity index (χ4v) is 3.03. The molecule has 3 heteroatoms. The van der Waals surface area contributed by atoms with Gasteiger partial charge in [0.1, 0.15) is 5.78 Å². The fourth-order valence-electron chi connectivity index (χ4n) is 3.03. The van der Waals surface area contributed by atoms with Gasteiger partial charge in [0.25, 0.3) is 5.91 Å². The molecule has 0 aromatic heterocycles. The summed E-state index contributed by atoms with van der Waals surface area (Å²) in [6.07, 6.45) is 3.06. The molecule has 0 radical (unpaired) electrons. The maximum Gasteiger partial charge on any atom is 0.254 e. The molecular formula is C14H15NO2. The minimum Gasteiger partial charge on any atom is -0.332 e. The second-order valence-corrected chi connectivity index (χ2v) is 4.91. The van der Waals surface area contributed by atoms with E-state index in [1.165, 1.54) is 0 Å². The highest BCUT2D eigenvalue weighted by atomic mass is 16.2. The second kappa shape index (κ2) is 3.99. The number of carbonyl (C=O) groups excluding carboxylic acids is 2. The largest absolute Gasteiger partial charge is 0.332 e. The van der Waals surface area contributed by atoms with E-state index in [9.17, 15) is 9.59 Å². The van der Waals surface area contributed by atoms with Crippen LogP contribution >= 0.6 is 0 Å². The average Bonchev–Trinajstić information content (AvgIpc) is 2.62. The first-order valence-corrected chi connectivity index (χ1v) is 6.15. The van der Waals surface area contributed by atoms with Gasteiger partial charge < -0.3 is 4.90 Å². The van der Waals surface area contributed by atoms with Crippen LogP contribution in [-0.2, 0) is 4.79 Å². The number of hydrogen-bond donors (Lipinski definition) is 0. The molecule has 0 N–H and O–H groups in total. The molecular weight excluding hydrogens is 214 g/mol. The standard InChI is InChI=1S/C14H15NO2/c16-13-8-11-6-7-12(9-13)15(11)14(17)10-4-2-1-3-5-10/h1-5,11-12H,6-9H2/t11-,12-/m0/s1. The van der Waals surface area contributed by atoms with E-state index in [4.69, 9.17) is 0 Å². The Morgan fingerprint density at radius 2 is 1.65 bits per heavy atom. The van der Waals surface area contributed by atoms with Crippen molar-refractivity contribution in [2.45, 2.75) is 37.8 Å².